The van der Waals surface area contributed by atoms with E-state index in [2.05, 4.69) is 25.8 Å². The number of hydrogen-bond acceptors (Lipinski definition) is 6. The summed E-state index contributed by atoms with van der Waals surface area (Å²) in [6.45, 7) is 0. The van der Waals surface area contributed by atoms with Crippen LogP contribution >= 0.6 is 0 Å². The molecule has 3 aliphatic carbocycles. The maximum Gasteiger partial charge on any atom is 0.389 e. The number of carbonyl (C=O) groups excluding carboxylic acids is 2. The largest absolute Gasteiger partial charge is 0.389 e. The van der Waals surface area contributed by atoms with Crippen LogP contribution in [0.2, 0.25) is 0 Å². The van der Waals surface area contributed by atoms with E-state index in [1.807, 2.05) is 0 Å². The molecule has 2 amide bonds. The van der Waals surface area contributed by atoms with Gasteiger partial charge in [-0.05, 0) is 62.0 Å². The van der Waals surface area contributed by atoms with E-state index < -0.39 is 48.8 Å². The van der Waals surface area contributed by atoms with Gasteiger partial charge in [-0.1, -0.05) is 0 Å². The van der Waals surface area contributed by atoms with Crippen LogP contribution in [0.5, 0.6) is 0 Å². The summed E-state index contributed by atoms with van der Waals surface area (Å²) < 4.78 is 68.9. The third kappa shape index (κ3) is 6.54. The Labute approximate surface area is 237 Å². The van der Waals surface area contributed by atoms with Crippen LogP contribution in [0.25, 0.3) is 5.65 Å². The van der Waals surface area contributed by atoms with Crippen LogP contribution < -0.4 is 10.6 Å². The maximum absolute atomic E-state index is 14.0. The standard InChI is InChI=1S/C27H31F5N8O2/c28-26(29)8-5-16(6-9-26)23(38-25(42)24-33-14-35-40(24)18-3-4-18)19-13-39-20(36-19)11-17(12-34-39)22(15-1-2-15)37-21(41)7-10-27(30,31)32/h11-16,18,22-23H,1-10H2,(H,37,41)(H,38,42)/t22?,23-/m0/s1. The van der Waals surface area contributed by atoms with Crippen molar-refractivity contribution in [3.63, 3.8) is 0 Å². The highest BCUT2D eigenvalue weighted by Crippen LogP contribution is 2.43. The summed E-state index contributed by atoms with van der Waals surface area (Å²) >= 11 is 0. The van der Waals surface area contributed by atoms with Crippen molar-refractivity contribution in [3.05, 3.63) is 41.9 Å². The van der Waals surface area contributed by atoms with Crippen molar-refractivity contribution in [2.45, 2.75) is 94.4 Å². The van der Waals surface area contributed by atoms with Crippen LogP contribution in [0.4, 0.5) is 22.0 Å². The molecule has 15 heteroatoms. The van der Waals surface area contributed by atoms with Gasteiger partial charge in [0.25, 0.3) is 5.91 Å². The fraction of sp³-hybridized carbons (Fsp3) is 0.630. The fourth-order valence-corrected chi connectivity index (χ4v) is 5.67. The van der Waals surface area contributed by atoms with Crippen molar-refractivity contribution in [1.82, 2.24) is 40.0 Å². The van der Waals surface area contributed by atoms with Crippen LogP contribution in [0.3, 0.4) is 0 Å². The van der Waals surface area contributed by atoms with E-state index in [-0.39, 0.29) is 49.4 Å². The molecule has 0 radical (unpaired) electrons. The van der Waals surface area contributed by atoms with Gasteiger partial charge in [-0.15, -0.1) is 0 Å². The summed E-state index contributed by atoms with van der Waals surface area (Å²) in [5.41, 5.74) is 1.45. The summed E-state index contributed by atoms with van der Waals surface area (Å²) in [7, 11) is 0. The van der Waals surface area contributed by atoms with Crippen molar-refractivity contribution >= 4 is 17.5 Å². The zero-order chi connectivity index (χ0) is 29.6. The quantitative estimate of drug-likeness (QED) is 0.324. The highest BCUT2D eigenvalue weighted by molar-refractivity contribution is 5.91. The summed E-state index contributed by atoms with van der Waals surface area (Å²) in [5, 5.41) is 14.3. The summed E-state index contributed by atoms with van der Waals surface area (Å²) in [5.74, 6) is -3.98. The van der Waals surface area contributed by atoms with Crippen LogP contribution in [0.1, 0.15) is 104 Å². The van der Waals surface area contributed by atoms with Gasteiger partial charge in [-0.3, -0.25) is 9.59 Å². The molecule has 2 N–H and O–H groups in total. The number of fused-ring (bicyclic) bond motifs is 1. The van der Waals surface area contributed by atoms with Gasteiger partial charge in [0.15, 0.2) is 5.65 Å². The first kappa shape index (κ1) is 28.5. The first-order valence-corrected chi connectivity index (χ1v) is 14.3. The van der Waals surface area contributed by atoms with Crippen molar-refractivity contribution in [2.75, 3.05) is 0 Å². The first-order chi connectivity index (χ1) is 20.0. The molecule has 10 nitrogen and oxygen atoms in total. The predicted molar refractivity (Wildman–Crippen MR) is 137 cm³/mol. The van der Waals surface area contributed by atoms with E-state index in [4.69, 9.17) is 4.98 Å². The van der Waals surface area contributed by atoms with E-state index in [0.717, 1.165) is 25.7 Å². The molecule has 2 atom stereocenters. The number of nitrogens with zero attached hydrogens (tertiary/aromatic N) is 6. The monoisotopic (exact) mass is 594 g/mol. The molecule has 3 heterocycles. The van der Waals surface area contributed by atoms with Crippen LogP contribution in [-0.4, -0.2) is 53.3 Å². The molecule has 0 aliphatic heterocycles. The smallest absolute Gasteiger partial charge is 0.349 e. The number of rotatable bonds is 10. The lowest BCUT2D eigenvalue weighted by Crippen LogP contribution is -2.38. The number of carbonyl (C=O) groups is 2. The molecule has 1 unspecified atom stereocenters. The van der Waals surface area contributed by atoms with Crippen molar-refractivity contribution in [2.24, 2.45) is 11.8 Å². The summed E-state index contributed by atoms with van der Waals surface area (Å²) in [6, 6.07) is 0.630. The molecule has 226 valence electrons. The summed E-state index contributed by atoms with van der Waals surface area (Å²) in [4.78, 5) is 34.4. The number of halogens is 5. The van der Waals surface area contributed by atoms with Gasteiger partial charge in [0.1, 0.15) is 6.33 Å². The second-order valence-corrected chi connectivity index (χ2v) is 11.7. The molecular formula is C27H31F5N8O2. The van der Waals surface area contributed by atoms with Gasteiger partial charge in [0, 0.05) is 19.3 Å². The predicted octanol–water partition coefficient (Wildman–Crippen LogP) is 4.86. The van der Waals surface area contributed by atoms with E-state index in [1.54, 1.807) is 23.1 Å². The van der Waals surface area contributed by atoms with E-state index in [9.17, 15) is 31.5 Å². The Morgan fingerprint density at radius 1 is 1.00 bits per heavy atom. The molecule has 0 saturated heterocycles. The van der Waals surface area contributed by atoms with Crippen molar-refractivity contribution < 1.29 is 31.5 Å². The van der Waals surface area contributed by atoms with Crippen LogP contribution in [-0.2, 0) is 4.79 Å². The molecule has 42 heavy (non-hydrogen) atoms. The minimum Gasteiger partial charge on any atom is -0.349 e. The zero-order valence-electron chi connectivity index (χ0n) is 22.7. The maximum atomic E-state index is 14.0. The van der Waals surface area contributed by atoms with Gasteiger partial charge < -0.3 is 10.6 Å². The zero-order valence-corrected chi connectivity index (χ0v) is 22.7. The second kappa shape index (κ2) is 10.9. The minimum absolute atomic E-state index is 0.0817. The number of hydrogen-bond donors (Lipinski definition) is 2. The Balaban J connectivity index is 1.25. The van der Waals surface area contributed by atoms with Gasteiger partial charge >= 0.3 is 6.18 Å². The molecule has 3 aromatic heterocycles. The van der Waals surface area contributed by atoms with Gasteiger partial charge in [-0.25, -0.2) is 27.9 Å². The average molecular weight is 595 g/mol. The Bertz CT molecular complexity index is 1450. The lowest BCUT2D eigenvalue weighted by molar-refractivity contribution is -0.144. The fourth-order valence-electron chi connectivity index (χ4n) is 5.67. The Hall–Kier alpha value is -3.65. The van der Waals surface area contributed by atoms with E-state index in [0.29, 0.717) is 16.9 Å². The number of aromatic nitrogens is 6. The molecule has 3 aromatic rings. The lowest BCUT2D eigenvalue weighted by Gasteiger charge is -2.33. The molecular weight excluding hydrogens is 563 g/mol. The van der Waals surface area contributed by atoms with Gasteiger partial charge in [-0.2, -0.15) is 23.4 Å². The van der Waals surface area contributed by atoms with Gasteiger partial charge in [0.2, 0.25) is 17.7 Å². The Morgan fingerprint density at radius 3 is 2.38 bits per heavy atom. The molecule has 0 bridgehead atoms. The van der Waals surface area contributed by atoms with Crippen LogP contribution in [0.15, 0.2) is 24.8 Å². The van der Waals surface area contributed by atoms with Crippen molar-refractivity contribution in [3.8, 4) is 0 Å². The Morgan fingerprint density at radius 2 is 1.71 bits per heavy atom. The molecule has 0 aromatic carbocycles. The van der Waals surface area contributed by atoms with E-state index in [1.165, 1.54) is 10.8 Å². The normalized spacial score (nSPS) is 20.8. The second-order valence-electron chi connectivity index (χ2n) is 11.7. The number of nitrogens with one attached hydrogen (secondary N) is 2. The average Bonchev–Trinajstić information content (AvgIpc) is 3.87. The SMILES string of the molecule is O=C(CCC(F)(F)F)NC(c1cnn2cc([C@@H](NC(=O)c3ncnn3C3CC3)C3CCC(F)(F)CC3)nc2c1)C1CC1. The topological polar surface area (TPSA) is 119 Å². The number of amides is 2. The molecule has 3 fully saturated rings. The molecule has 0 spiro atoms. The number of alkyl halides is 5. The molecule has 6 rings (SSSR count). The minimum atomic E-state index is -4.42. The van der Waals surface area contributed by atoms with Gasteiger partial charge in [0.05, 0.1) is 42.6 Å². The molecule has 3 aliphatic rings. The number of imidazole rings is 1. The first-order valence-electron chi connectivity index (χ1n) is 14.3. The highest BCUT2D eigenvalue weighted by Gasteiger charge is 2.40. The lowest BCUT2D eigenvalue weighted by atomic mass is 9.81. The van der Waals surface area contributed by atoms with Crippen molar-refractivity contribution in [1.29, 1.82) is 0 Å². The molecule has 3 saturated carbocycles. The van der Waals surface area contributed by atoms with Crippen LogP contribution in [0, 0.1) is 11.8 Å². The highest BCUT2D eigenvalue weighted by atomic mass is 19.4. The third-order valence-electron chi connectivity index (χ3n) is 8.27. The summed E-state index contributed by atoms with van der Waals surface area (Å²) in [6.07, 6.45) is 1.43. The third-order valence-corrected chi connectivity index (χ3v) is 8.27. The van der Waals surface area contributed by atoms with E-state index >= 15 is 0 Å². The Kier molecular flexibility index (Phi) is 7.37.